The van der Waals surface area contributed by atoms with E-state index in [-0.39, 0.29) is 18.8 Å². The average Bonchev–Trinajstić information content (AvgIpc) is 2.74. The molecule has 3 rings (SSSR count). The molecular formula is C22H19ClF3N3O3. The van der Waals surface area contributed by atoms with E-state index in [0.29, 0.717) is 16.5 Å². The van der Waals surface area contributed by atoms with Crippen LogP contribution in [0.25, 0.3) is 5.69 Å². The van der Waals surface area contributed by atoms with Crippen LogP contribution in [0.1, 0.15) is 21.7 Å². The number of aromatic nitrogens is 2. The van der Waals surface area contributed by atoms with Crippen molar-refractivity contribution in [3.8, 4) is 11.4 Å². The Morgan fingerprint density at radius 1 is 1.16 bits per heavy atom. The van der Waals surface area contributed by atoms with Gasteiger partial charge in [-0.15, -0.1) is 0 Å². The molecule has 0 fully saturated rings. The van der Waals surface area contributed by atoms with Gasteiger partial charge >= 0.3 is 6.18 Å². The second kappa shape index (κ2) is 9.44. The Labute approximate surface area is 186 Å². The molecule has 0 saturated heterocycles. The summed E-state index contributed by atoms with van der Waals surface area (Å²) in [5, 5.41) is 4.61. The third-order valence-electron chi connectivity index (χ3n) is 4.58. The standard InChI is InChI=1S/C22H19ClF3N3O3/c1-14-12-19(30)20(27-29(14)17-5-3-4-15(13-17)22(24,25)26)21(31)28(2)10-11-32-18-8-6-16(23)7-9-18/h3-9,12-13H,10-11H2,1-2H3. The molecule has 168 valence electrons. The van der Waals surface area contributed by atoms with Crippen molar-refractivity contribution < 1.29 is 22.7 Å². The molecule has 0 atom stereocenters. The van der Waals surface area contributed by atoms with Gasteiger partial charge in [-0.2, -0.15) is 18.3 Å². The number of rotatable bonds is 6. The summed E-state index contributed by atoms with van der Waals surface area (Å²) >= 11 is 5.82. The Morgan fingerprint density at radius 3 is 2.50 bits per heavy atom. The zero-order valence-electron chi connectivity index (χ0n) is 17.2. The van der Waals surface area contributed by atoms with Crippen molar-refractivity contribution in [1.82, 2.24) is 14.7 Å². The summed E-state index contributed by atoms with van der Waals surface area (Å²) in [7, 11) is 1.48. The second-order valence-corrected chi connectivity index (χ2v) is 7.42. The van der Waals surface area contributed by atoms with Crippen molar-refractivity contribution in [2.24, 2.45) is 0 Å². The van der Waals surface area contributed by atoms with E-state index in [1.165, 1.54) is 37.1 Å². The van der Waals surface area contributed by atoms with E-state index in [9.17, 15) is 22.8 Å². The second-order valence-electron chi connectivity index (χ2n) is 6.99. The summed E-state index contributed by atoms with van der Waals surface area (Å²) < 4.78 is 45.9. The molecule has 3 aromatic rings. The molecule has 0 unspecified atom stereocenters. The minimum Gasteiger partial charge on any atom is -0.492 e. The zero-order chi connectivity index (χ0) is 23.5. The highest BCUT2D eigenvalue weighted by atomic mass is 35.5. The number of ether oxygens (including phenoxy) is 1. The van der Waals surface area contributed by atoms with Crippen molar-refractivity contribution in [3.05, 3.63) is 86.8 Å². The minimum absolute atomic E-state index is 0.0834. The molecule has 0 bridgehead atoms. The molecule has 0 spiro atoms. The van der Waals surface area contributed by atoms with Gasteiger partial charge in [0.1, 0.15) is 12.4 Å². The van der Waals surface area contributed by atoms with Gasteiger partial charge in [0.2, 0.25) is 5.43 Å². The molecule has 0 aliphatic heterocycles. The van der Waals surface area contributed by atoms with E-state index in [2.05, 4.69) is 5.10 Å². The monoisotopic (exact) mass is 465 g/mol. The highest BCUT2D eigenvalue weighted by Gasteiger charge is 2.30. The van der Waals surface area contributed by atoms with Gasteiger partial charge in [0.05, 0.1) is 17.8 Å². The summed E-state index contributed by atoms with van der Waals surface area (Å²) in [6.07, 6.45) is -4.54. The molecule has 0 saturated carbocycles. The molecule has 6 nitrogen and oxygen atoms in total. The van der Waals surface area contributed by atoms with Crippen molar-refractivity contribution in [2.45, 2.75) is 13.1 Å². The number of alkyl halides is 3. The first kappa shape index (κ1) is 23.3. The van der Waals surface area contributed by atoms with E-state index < -0.39 is 28.8 Å². The SMILES string of the molecule is Cc1cc(=O)c(C(=O)N(C)CCOc2ccc(Cl)cc2)nn1-c1cccc(C(F)(F)F)c1. The van der Waals surface area contributed by atoms with Crippen molar-refractivity contribution >= 4 is 17.5 Å². The maximum atomic E-state index is 13.1. The predicted molar refractivity (Wildman–Crippen MR) is 113 cm³/mol. The maximum Gasteiger partial charge on any atom is 0.416 e. The Bertz CT molecular complexity index is 1180. The molecule has 1 heterocycles. The third-order valence-corrected chi connectivity index (χ3v) is 4.84. The number of hydrogen-bond donors (Lipinski definition) is 0. The lowest BCUT2D eigenvalue weighted by atomic mass is 10.2. The summed E-state index contributed by atoms with van der Waals surface area (Å²) in [4.78, 5) is 26.4. The van der Waals surface area contributed by atoms with Crippen molar-refractivity contribution in [1.29, 1.82) is 0 Å². The molecule has 0 N–H and O–H groups in total. The number of benzene rings is 2. The number of halogens is 4. The number of aryl methyl sites for hydroxylation is 1. The Morgan fingerprint density at radius 2 is 1.84 bits per heavy atom. The third kappa shape index (κ3) is 5.47. The van der Waals surface area contributed by atoms with Crippen LogP contribution in [0.3, 0.4) is 0 Å². The van der Waals surface area contributed by atoms with Gasteiger partial charge in [0.15, 0.2) is 5.69 Å². The van der Waals surface area contributed by atoms with Crippen LogP contribution >= 0.6 is 11.6 Å². The Balaban J connectivity index is 1.79. The summed E-state index contributed by atoms with van der Waals surface area (Å²) in [6, 6.07) is 12.3. The molecule has 32 heavy (non-hydrogen) atoms. The van der Waals surface area contributed by atoms with E-state index in [0.717, 1.165) is 16.8 Å². The molecule has 2 aromatic carbocycles. The lowest BCUT2D eigenvalue weighted by Gasteiger charge is -2.18. The molecule has 10 heteroatoms. The summed E-state index contributed by atoms with van der Waals surface area (Å²) in [6.45, 7) is 1.82. The predicted octanol–water partition coefficient (Wildman–Crippen LogP) is 4.36. The van der Waals surface area contributed by atoms with Crippen LogP contribution < -0.4 is 10.2 Å². The highest BCUT2D eigenvalue weighted by Crippen LogP contribution is 2.30. The largest absolute Gasteiger partial charge is 0.492 e. The first-order valence-corrected chi connectivity index (χ1v) is 9.86. The first-order valence-electron chi connectivity index (χ1n) is 9.48. The molecule has 0 radical (unpaired) electrons. The van der Waals surface area contributed by atoms with Gasteiger partial charge in [-0.3, -0.25) is 9.59 Å². The van der Waals surface area contributed by atoms with Crippen LogP contribution in [0, 0.1) is 6.92 Å². The fourth-order valence-electron chi connectivity index (χ4n) is 2.88. The maximum absolute atomic E-state index is 13.1. The van der Waals surface area contributed by atoms with Gasteiger partial charge in [-0.1, -0.05) is 17.7 Å². The van der Waals surface area contributed by atoms with Crippen molar-refractivity contribution in [3.63, 3.8) is 0 Å². The molecule has 1 amide bonds. The van der Waals surface area contributed by atoms with Crippen LogP contribution in [0.5, 0.6) is 5.75 Å². The first-order chi connectivity index (χ1) is 15.1. The molecule has 1 aromatic heterocycles. The average molecular weight is 466 g/mol. The number of hydrogen-bond acceptors (Lipinski definition) is 4. The number of carbonyl (C=O) groups is 1. The van der Waals surface area contributed by atoms with E-state index >= 15 is 0 Å². The van der Waals surface area contributed by atoms with E-state index in [1.807, 2.05) is 0 Å². The van der Waals surface area contributed by atoms with Gasteiger partial charge in [0.25, 0.3) is 5.91 Å². The quantitative estimate of drug-likeness (QED) is 0.542. The zero-order valence-corrected chi connectivity index (χ0v) is 17.9. The number of nitrogens with zero attached hydrogens (tertiary/aromatic N) is 3. The van der Waals surface area contributed by atoms with Crippen LogP contribution in [0.15, 0.2) is 59.4 Å². The van der Waals surface area contributed by atoms with Crippen LogP contribution in [0.4, 0.5) is 13.2 Å². The molecule has 0 aliphatic rings. The smallest absolute Gasteiger partial charge is 0.416 e. The van der Waals surface area contributed by atoms with Crippen LogP contribution in [-0.4, -0.2) is 40.8 Å². The van der Waals surface area contributed by atoms with Gasteiger partial charge in [-0.05, 0) is 49.4 Å². The lowest BCUT2D eigenvalue weighted by molar-refractivity contribution is -0.137. The Kier molecular flexibility index (Phi) is 6.88. The van der Waals surface area contributed by atoms with Gasteiger partial charge < -0.3 is 9.64 Å². The lowest BCUT2D eigenvalue weighted by Crippen LogP contribution is -2.36. The molecular weight excluding hydrogens is 447 g/mol. The van der Waals surface area contributed by atoms with E-state index in [4.69, 9.17) is 16.3 Å². The highest BCUT2D eigenvalue weighted by molar-refractivity contribution is 6.30. The Hall–Kier alpha value is -3.33. The fraction of sp³-hybridized carbons (Fsp3) is 0.227. The van der Waals surface area contributed by atoms with E-state index in [1.54, 1.807) is 24.3 Å². The minimum atomic E-state index is -4.54. The number of amides is 1. The summed E-state index contributed by atoms with van der Waals surface area (Å²) in [5.41, 5.74) is -1.51. The van der Waals surface area contributed by atoms with Crippen molar-refractivity contribution in [2.75, 3.05) is 20.2 Å². The number of likely N-dealkylation sites (N-methyl/N-ethyl adjacent to an activating group) is 1. The van der Waals surface area contributed by atoms with Gasteiger partial charge in [-0.25, -0.2) is 4.68 Å². The van der Waals surface area contributed by atoms with Gasteiger partial charge in [0, 0.05) is 23.8 Å². The topological polar surface area (TPSA) is 64.4 Å². The van der Waals surface area contributed by atoms with Crippen LogP contribution in [0.2, 0.25) is 5.02 Å². The fourth-order valence-corrected chi connectivity index (χ4v) is 3.01. The number of carbonyl (C=O) groups excluding carboxylic acids is 1. The normalized spacial score (nSPS) is 11.3. The molecule has 0 aliphatic carbocycles. The summed E-state index contributed by atoms with van der Waals surface area (Å²) in [5.74, 6) is -0.106. The van der Waals surface area contributed by atoms with Crippen LogP contribution in [-0.2, 0) is 6.18 Å².